The van der Waals surface area contributed by atoms with Gasteiger partial charge in [-0.3, -0.25) is 9.97 Å². The second-order valence-electron chi connectivity index (χ2n) is 20.4. The van der Waals surface area contributed by atoms with E-state index >= 15 is 0 Å². The van der Waals surface area contributed by atoms with Gasteiger partial charge in [-0.1, -0.05) is 148 Å². The molecule has 0 unspecified atom stereocenters. The average molecular weight is 1080 g/mol. The maximum absolute atomic E-state index is 6.85. The van der Waals surface area contributed by atoms with Crippen LogP contribution in [0.1, 0.15) is 128 Å². The molecule has 0 bridgehead atoms. The normalized spacial score (nSPS) is 11.8. The molecular weight excluding hydrogens is 1020 g/mol. The molecule has 0 aliphatic rings. The molecule has 0 saturated heterocycles. The number of pyridine rings is 2. The molecule has 69 heavy (non-hydrogen) atoms. The van der Waals surface area contributed by atoms with Gasteiger partial charge in [0.15, 0.2) is 0 Å². The van der Waals surface area contributed by atoms with E-state index in [-0.39, 0.29) is 37.4 Å². The largest absolute Gasteiger partial charge is 0.500 e. The van der Waals surface area contributed by atoms with E-state index in [1.54, 1.807) is 0 Å². The minimum Gasteiger partial charge on any atom is -0.500 e. The van der Waals surface area contributed by atoms with Gasteiger partial charge in [0.2, 0.25) is 0 Å². The van der Waals surface area contributed by atoms with Crippen LogP contribution < -0.4 is 0 Å². The molecule has 351 valence electrons. The first-order chi connectivity index (χ1) is 32.7. The quantitative estimate of drug-likeness (QED) is 0.135. The Bertz CT molecular complexity index is 3320. The number of para-hydroxylation sites is 2. The van der Waals surface area contributed by atoms with Crippen molar-refractivity contribution in [3.8, 4) is 50.7 Å². The van der Waals surface area contributed by atoms with E-state index < -0.39 is 0 Å². The van der Waals surface area contributed by atoms with Gasteiger partial charge in [-0.25, -0.2) is 0 Å². The molecule has 10 aromatic rings. The number of furan rings is 1. The van der Waals surface area contributed by atoms with Gasteiger partial charge in [0, 0.05) is 55.2 Å². The molecule has 0 saturated carbocycles. The van der Waals surface area contributed by atoms with E-state index in [0.717, 1.165) is 66.9 Å². The van der Waals surface area contributed by atoms with Crippen LogP contribution in [0.4, 0.5) is 0 Å². The Morgan fingerprint density at radius 3 is 1.81 bits per heavy atom. The molecule has 10 rings (SSSR count). The number of imidazole rings is 1. The maximum Gasteiger partial charge on any atom is 0.124 e. The van der Waals surface area contributed by atoms with Crippen molar-refractivity contribution in [2.75, 3.05) is 0 Å². The Balaban J connectivity index is 0.000000320. The molecule has 0 fully saturated rings. The number of benzene rings is 6. The van der Waals surface area contributed by atoms with Crippen molar-refractivity contribution >= 4 is 33.0 Å². The second kappa shape index (κ2) is 20.2. The number of hydrogen-bond acceptors (Lipinski definition) is 4. The fraction of sp³-hybridized carbons (Fsp3) is 0.254. The van der Waals surface area contributed by atoms with Crippen LogP contribution >= 0.6 is 0 Å². The van der Waals surface area contributed by atoms with Crippen LogP contribution in [-0.4, -0.2) is 19.5 Å². The summed E-state index contributed by atoms with van der Waals surface area (Å²) in [6.07, 6.45) is 3.92. The molecule has 4 heterocycles. The fourth-order valence-corrected chi connectivity index (χ4v) is 9.04. The molecule has 0 amide bonds. The van der Waals surface area contributed by atoms with Crippen molar-refractivity contribution in [3.05, 3.63) is 192 Å². The second-order valence-corrected chi connectivity index (χ2v) is 20.4. The van der Waals surface area contributed by atoms with Gasteiger partial charge in [0.1, 0.15) is 5.58 Å². The molecule has 1 radical (unpaired) electrons. The van der Waals surface area contributed by atoms with Crippen LogP contribution in [0, 0.1) is 12.1 Å². The summed E-state index contributed by atoms with van der Waals surface area (Å²) >= 11 is 0. The van der Waals surface area contributed by atoms with Gasteiger partial charge >= 0.3 is 0 Å². The van der Waals surface area contributed by atoms with Crippen molar-refractivity contribution in [3.63, 3.8) is 0 Å². The van der Waals surface area contributed by atoms with Gasteiger partial charge in [0.25, 0.3) is 0 Å². The Labute approximate surface area is 422 Å². The topological polar surface area (TPSA) is 56.7 Å². The molecule has 6 aromatic carbocycles. The average Bonchev–Trinajstić information content (AvgIpc) is 3.92. The van der Waals surface area contributed by atoms with E-state index in [4.69, 9.17) is 14.4 Å². The van der Waals surface area contributed by atoms with Crippen LogP contribution in [0.15, 0.2) is 156 Å². The Morgan fingerprint density at radius 2 is 1.20 bits per heavy atom. The zero-order chi connectivity index (χ0) is 47.9. The van der Waals surface area contributed by atoms with Crippen LogP contribution in [0.5, 0.6) is 0 Å². The molecule has 0 atom stereocenters. The third kappa shape index (κ3) is 10.0. The number of nitrogens with zero attached hydrogens (tertiary/aromatic N) is 4. The van der Waals surface area contributed by atoms with Gasteiger partial charge < -0.3 is 14.0 Å². The fourth-order valence-electron chi connectivity index (χ4n) is 9.04. The number of fused-ring (bicyclic) bond motifs is 4. The van der Waals surface area contributed by atoms with E-state index in [1.807, 2.05) is 42.7 Å². The molecule has 0 aliphatic carbocycles. The predicted octanol–water partition coefficient (Wildman–Crippen LogP) is 17.5. The van der Waals surface area contributed by atoms with E-state index in [0.29, 0.717) is 11.8 Å². The molecule has 0 N–H and O–H groups in total. The summed E-state index contributed by atoms with van der Waals surface area (Å²) in [5.41, 5.74) is 18.7. The Kier molecular flexibility index (Phi) is 14.4. The van der Waals surface area contributed by atoms with Gasteiger partial charge in [-0.05, 0) is 110 Å². The minimum atomic E-state index is 0. The van der Waals surface area contributed by atoms with Crippen LogP contribution in [0.25, 0.3) is 83.7 Å². The summed E-state index contributed by atoms with van der Waals surface area (Å²) in [4.78, 5) is 14.8. The smallest absolute Gasteiger partial charge is 0.124 e. The number of hydrogen-bond donors (Lipinski definition) is 0. The van der Waals surface area contributed by atoms with Crippen molar-refractivity contribution in [1.29, 1.82) is 0 Å². The standard InChI is InChI=1S/C48H46N3O.C15H16N.Ir/c1-28(2)33-21-34(29(3)4)23-36(22-33)43-26-45-41(27-49-43)37-17-14-18-38(47(37)52-45)48-50-42-19-12-13-20-44(42)51(48)46-39(30(5)6)24-35(25-40(46)31(7)8)32-15-10-9-11-16-32;1-15(2,3)13-9-10-14(16-11-13)12-7-5-4-6-8-12;/h9-17,19-31H,1-8H3;4-7,9-11H,1-3H3;/q2*-1;. The molecule has 0 spiro atoms. The molecule has 4 aromatic heterocycles. The van der Waals surface area contributed by atoms with Gasteiger partial charge in [-0.15, -0.1) is 54.1 Å². The zero-order valence-electron chi connectivity index (χ0n) is 41.8. The van der Waals surface area contributed by atoms with Crippen molar-refractivity contribution in [2.45, 2.75) is 105 Å². The summed E-state index contributed by atoms with van der Waals surface area (Å²) in [6, 6.07) is 55.8. The zero-order valence-corrected chi connectivity index (χ0v) is 44.2. The van der Waals surface area contributed by atoms with Crippen molar-refractivity contribution in [1.82, 2.24) is 19.5 Å². The van der Waals surface area contributed by atoms with E-state index in [9.17, 15) is 0 Å². The first kappa shape index (κ1) is 49.0. The molecular formula is C63H62IrN4O-2. The van der Waals surface area contributed by atoms with Crippen LogP contribution in [-0.2, 0) is 25.5 Å². The Morgan fingerprint density at radius 1 is 0.551 bits per heavy atom. The molecule has 0 aliphatic heterocycles. The third-order valence-electron chi connectivity index (χ3n) is 13.1. The van der Waals surface area contributed by atoms with Gasteiger partial charge in [0.05, 0.1) is 28.1 Å². The van der Waals surface area contributed by atoms with Crippen LogP contribution in [0.2, 0.25) is 0 Å². The maximum atomic E-state index is 6.85. The van der Waals surface area contributed by atoms with Gasteiger partial charge in [-0.2, -0.15) is 0 Å². The SMILES string of the molecule is CC(C)(C)c1ccc(-c2[c-]cccc2)nc1.CC(C)c1cc(-c2cc3oc4c(-c5nc6ccccc6n5-c5c(C(C)C)cc(-c6ccccc6)cc5C(C)C)[c-]ccc4c3cn2)cc(C(C)C)c1.[Ir]. The molecule has 6 heteroatoms. The summed E-state index contributed by atoms with van der Waals surface area (Å²) in [5, 5.41) is 1.99. The third-order valence-corrected chi connectivity index (χ3v) is 13.1. The summed E-state index contributed by atoms with van der Waals surface area (Å²) in [7, 11) is 0. The van der Waals surface area contributed by atoms with Crippen LogP contribution in [0.3, 0.4) is 0 Å². The summed E-state index contributed by atoms with van der Waals surface area (Å²) in [5.74, 6) is 2.21. The van der Waals surface area contributed by atoms with E-state index in [2.05, 4.69) is 207 Å². The van der Waals surface area contributed by atoms with Crippen molar-refractivity contribution in [2.24, 2.45) is 0 Å². The first-order valence-corrected chi connectivity index (χ1v) is 24.2. The summed E-state index contributed by atoms with van der Waals surface area (Å²) in [6.45, 7) is 24.7. The predicted molar refractivity (Wildman–Crippen MR) is 285 cm³/mol. The Hall–Kier alpha value is -6.46. The molecule has 5 nitrogen and oxygen atoms in total. The summed E-state index contributed by atoms with van der Waals surface area (Å²) < 4.78 is 9.21. The number of aromatic nitrogens is 4. The van der Waals surface area contributed by atoms with Crippen molar-refractivity contribution < 1.29 is 24.5 Å². The number of rotatable bonds is 9. The van der Waals surface area contributed by atoms with E-state index in [1.165, 1.54) is 44.6 Å². The monoisotopic (exact) mass is 1080 g/mol. The first-order valence-electron chi connectivity index (χ1n) is 24.2. The minimum absolute atomic E-state index is 0.